The van der Waals surface area contributed by atoms with Crippen LogP contribution in [0.5, 0.6) is 11.5 Å². The highest BCUT2D eigenvalue weighted by molar-refractivity contribution is 7.80. The quantitative estimate of drug-likeness (QED) is 0.433. The van der Waals surface area contributed by atoms with Crippen molar-refractivity contribution in [3.63, 3.8) is 0 Å². The van der Waals surface area contributed by atoms with Crippen LogP contribution in [0.4, 0.5) is 10.5 Å². The van der Waals surface area contributed by atoms with Gasteiger partial charge in [0.15, 0.2) is 16.6 Å². The first-order valence-electron chi connectivity index (χ1n) is 5.17. The van der Waals surface area contributed by atoms with Crippen LogP contribution in [0.3, 0.4) is 0 Å². The third-order valence-corrected chi connectivity index (χ3v) is 2.30. The molecule has 1 aromatic rings. The zero-order valence-corrected chi connectivity index (χ0v) is 10.2. The van der Waals surface area contributed by atoms with Gasteiger partial charge >= 0.3 is 6.03 Å². The molecule has 0 saturated heterocycles. The van der Waals surface area contributed by atoms with Gasteiger partial charge in [-0.05, 0) is 24.4 Å². The summed E-state index contributed by atoms with van der Waals surface area (Å²) in [5.74, 6) is 1.35. The molecule has 0 atom stereocenters. The number of benzene rings is 1. The van der Waals surface area contributed by atoms with E-state index in [4.69, 9.17) is 27.4 Å². The van der Waals surface area contributed by atoms with Gasteiger partial charge in [-0.25, -0.2) is 10.2 Å². The van der Waals surface area contributed by atoms with Crippen molar-refractivity contribution in [2.45, 2.75) is 0 Å². The van der Waals surface area contributed by atoms with Gasteiger partial charge in [0, 0.05) is 11.8 Å². The van der Waals surface area contributed by atoms with Crippen LogP contribution in [0, 0.1) is 0 Å². The molecule has 0 spiro atoms. The lowest BCUT2D eigenvalue weighted by atomic mass is 10.2. The van der Waals surface area contributed by atoms with Crippen LogP contribution in [-0.2, 0) is 0 Å². The van der Waals surface area contributed by atoms with Gasteiger partial charge in [0.05, 0.1) is 0 Å². The van der Waals surface area contributed by atoms with E-state index in [1.807, 2.05) is 0 Å². The van der Waals surface area contributed by atoms with Gasteiger partial charge in [0.2, 0.25) is 0 Å². The molecule has 0 fully saturated rings. The number of hydrogen-bond acceptors (Lipinski definition) is 4. The predicted molar refractivity (Wildman–Crippen MR) is 69.5 cm³/mol. The summed E-state index contributed by atoms with van der Waals surface area (Å²) in [4.78, 5) is 10.5. The van der Waals surface area contributed by atoms with E-state index < -0.39 is 6.03 Å². The van der Waals surface area contributed by atoms with Crippen molar-refractivity contribution >= 4 is 29.0 Å². The Morgan fingerprint density at radius 1 is 1.22 bits per heavy atom. The molecule has 5 N–H and O–H groups in total. The number of carbonyl (C=O) groups is 1. The molecule has 1 aliphatic heterocycles. The first kappa shape index (κ1) is 12.2. The van der Waals surface area contributed by atoms with Crippen molar-refractivity contribution in [3.8, 4) is 11.5 Å². The fraction of sp³-hybridized carbons (Fsp3) is 0.200. The van der Waals surface area contributed by atoms with Crippen LogP contribution in [-0.4, -0.2) is 24.4 Å². The Morgan fingerprint density at radius 2 is 1.94 bits per heavy atom. The van der Waals surface area contributed by atoms with Gasteiger partial charge in [-0.3, -0.25) is 5.43 Å². The molecule has 1 aromatic carbocycles. The summed E-state index contributed by atoms with van der Waals surface area (Å²) in [5, 5.41) is 3.08. The van der Waals surface area contributed by atoms with Crippen molar-refractivity contribution < 1.29 is 14.3 Å². The molecule has 0 radical (unpaired) electrons. The molecule has 0 aromatic heterocycles. The molecular weight excluding hydrogens is 256 g/mol. The summed E-state index contributed by atoms with van der Waals surface area (Å²) < 4.78 is 10.8. The topological polar surface area (TPSA) is 97.6 Å². The summed E-state index contributed by atoms with van der Waals surface area (Å²) in [7, 11) is 0. The van der Waals surface area contributed by atoms with Crippen molar-refractivity contribution in [2.24, 2.45) is 5.73 Å². The molecule has 0 aliphatic carbocycles. The number of ether oxygens (including phenoxy) is 2. The molecule has 7 nitrogen and oxygen atoms in total. The van der Waals surface area contributed by atoms with E-state index in [1.165, 1.54) is 0 Å². The van der Waals surface area contributed by atoms with Crippen LogP contribution in [0.25, 0.3) is 0 Å². The summed E-state index contributed by atoms with van der Waals surface area (Å²) in [6, 6.07) is 4.60. The fourth-order valence-corrected chi connectivity index (χ4v) is 1.57. The molecular formula is C10H12N4O3S. The van der Waals surface area contributed by atoms with Crippen LogP contribution in [0.1, 0.15) is 0 Å². The van der Waals surface area contributed by atoms with Crippen molar-refractivity contribution in [1.82, 2.24) is 10.9 Å². The molecule has 0 saturated carbocycles. The molecule has 96 valence electrons. The highest BCUT2D eigenvalue weighted by Crippen LogP contribution is 2.32. The standard InChI is InChI=1S/C10H12N4O3S/c11-9(15)13-14-10(18)12-6-1-2-7-8(5-6)17-4-3-16-7/h1-2,5H,3-4H2,(H3,11,13,15)(H2,12,14,18). The lowest BCUT2D eigenvalue weighted by molar-refractivity contribution is 0.171. The highest BCUT2D eigenvalue weighted by atomic mass is 32.1. The minimum atomic E-state index is -0.721. The number of urea groups is 1. The number of fused-ring (bicyclic) bond motifs is 1. The van der Waals surface area contributed by atoms with Crippen LogP contribution >= 0.6 is 12.2 Å². The highest BCUT2D eigenvalue weighted by Gasteiger charge is 2.11. The second-order valence-corrected chi connectivity index (χ2v) is 3.84. The third kappa shape index (κ3) is 3.14. The van der Waals surface area contributed by atoms with E-state index in [0.717, 1.165) is 0 Å². The first-order chi connectivity index (χ1) is 8.65. The molecule has 1 aliphatic rings. The Hall–Kier alpha value is -2.22. The normalized spacial score (nSPS) is 12.4. The first-order valence-corrected chi connectivity index (χ1v) is 5.58. The SMILES string of the molecule is NC(=O)NNC(=S)Nc1ccc2c(c1)OCCO2. The Labute approximate surface area is 109 Å². The number of thiocarbonyl (C=S) groups is 1. The van der Waals surface area contributed by atoms with Crippen LogP contribution < -0.4 is 31.4 Å². The molecule has 2 amide bonds. The number of hydrazine groups is 1. The van der Waals surface area contributed by atoms with E-state index in [-0.39, 0.29) is 5.11 Å². The maximum Gasteiger partial charge on any atom is 0.330 e. The lowest BCUT2D eigenvalue weighted by Gasteiger charge is -2.19. The number of primary amides is 1. The number of nitrogens with two attached hydrogens (primary N) is 1. The summed E-state index contributed by atoms with van der Waals surface area (Å²) in [5.41, 5.74) is 10.2. The summed E-state index contributed by atoms with van der Waals surface area (Å²) in [6.07, 6.45) is 0. The maximum atomic E-state index is 10.5. The smallest absolute Gasteiger partial charge is 0.330 e. The molecule has 2 rings (SSSR count). The molecule has 0 unspecified atom stereocenters. The molecule has 0 bridgehead atoms. The predicted octanol–water partition coefficient (Wildman–Crippen LogP) is 0.327. The number of anilines is 1. The second-order valence-electron chi connectivity index (χ2n) is 3.43. The third-order valence-electron chi connectivity index (χ3n) is 2.10. The van der Waals surface area contributed by atoms with Crippen molar-refractivity contribution in [3.05, 3.63) is 18.2 Å². The summed E-state index contributed by atoms with van der Waals surface area (Å²) >= 11 is 4.94. The maximum absolute atomic E-state index is 10.5. The van der Waals surface area contributed by atoms with E-state index >= 15 is 0 Å². The zero-order valence-electron chi connectivity index (χ0n) is 9.36. The van der Waals surface area contributed by atoms with E-state index in [0.29, 0.717) is 30.4 Å². The lowest BCUT2D eigenvalue weighted by Crippen LogP contribution is -2.46. The van der Waals surface area contributed by atoms with Gasteiger partial charge in [-0.2, -0.15) is 0 Å². The minimum Gasteiger partial charge on any atom is -0.486 e. The van der Waals surface area contributed by atoms with Gasteiger partial charge in [-0.15, -0.1) is 0 Å². The van der Waals surface area contributed by atoms with Crippen LogP contribution in [0.2, 0.25) is 0 Å². The number of amides is 2. The molecule has 8 heteroatoms. The van der Waals surface area contributed by atoms with E-state index in [1.54, 1.807) is 18.2 Å². The van der Waals surface area contributed by atoms with E-state index in [2.05, 4.69) is 16.2 Å². The number of nitrogens with one attached hydrogen (secondary N) is 3. The van der Waals surface area contributed by atoms with Gasteiger partial charge < -0.3 is 20.5 Å². The van der Waals surface area contributed by atoms with Gasteiger partial charge in [-0.1, -0.05) is 0 Å². The van der Waals surface area contributed by atoms with E-state index in [9.17, 15) is 4.79 Å². The van der Waals surface area contributed by atoms with Crippen molar-refractivity contribution in [2.75, 3.05) is 18.5 Å². The average molecular weight is 268 g/mol. The van der Waals surface area contributed by atoms with Crippen LogP contribution in [0.15, 0.2) is 18.2 Å². The Kier molecular flexibility index (Phi) is 3.68. The fourth-order valence-electron chi connectivity index (χ4n) is 1.40. The number of carbonyl (C=O) groups excluding carboxylic acids is 1. The minimum absolute atomic E-state index is 0.213. The zero-order chi connectivity index (χ0) is 13.0. The molecule has 18 heavy (non-hydrogen) atoms. The Bertz CT molecular complexity index is 480. The number of hydrogen-bond donors (Lipinski definition) is 4. The molecule has 1 heterocycles. The summed E-state index contributed by atoms with van der Waals surface area (Å²) in [6.45, 7) is 1.06. The number of rotatable bonds is 1. The monoisotopic (exact) mass is 268 g/mol. The Morgan fingerprint density at radius 3 is 2.67 bits per heavy atom. The van der Waals surface area contributed by atoms with Gasteiger partial charge in [0.25, 0.3) is 0 Å². The van der Waals surface area contributed by atoms with Gasteiger partial charge in [0.1, 0.15) is 13.2 Å². The van der Waals surface area contributed by atoms with Crippen molar-refractivity contribution in [1.29, 1.82) is 0 Å². The average Bonchev–Trinajstić information content (AvgIpc) is 2.36. The second kappa shape index (κ2) is 5.41. The largest absolute Gasteiger partial charge is 0.486 e. The Balaban J connectivity index is 1.97.